The third-order valence-corrected chi connectivity index (χ3v) is 3.10. The summed E-state index contributed by atoms with van der Waals surface area (Å²) in [7, 11) is 1.59. The second-order valence-electron chi connectivity index (χ2n) is 4.56. The Bertz CT molecular complexity index is 566. The molecule has 2 aromatic carbocycles. The normalized spacial score (nSPS) is 12.4. The van der Waals surface area contributed by atoms with Crippen LogP contribution in [0.15, 0.2) is 42.5 Å². The summed E-state index contributed by atoms with van der Waals surface area (Å²) in [5.41, 5.74) is 2.75. The predicted molar refractivity (Wildman–Crippen MR) is 72.4 cm³/mol. The van der Waals surface area contributed by atoms with E-state index in [2.05, 4.69) is 0 Å². The molecule has 0 aliphatic heterocycles. The Morgan fingerprint density at radius 1 is 1.16 bits per heavy atom. The van der Waals surface area contributed by atoms with Crippen LogP contribution >= 0.6 is 0 Å². The molecule has 0 aliphatic carbocycles. The van der Waals surface area contributed by atoms with Gasteiger partial charge in [0.15, 0.2) is 0 Å². The number of benzene rings is 2. The fourth-order valence-corrected chi connectivity index (χ4v) is 2.13. The number of ether oxygens (including phenoxy) is 1. The molecule has 1 N–H and O–H groups in total. The largest absolute Gasteiger partial charge is 0.384 e. The molecule has 0 aliphatic rings. The van der Waals surface area contributed by atoms with Crippen LogP contribution in [0.3, 0.4) is 0 Å². The number of hydrogen-bond donors (Lipinski definition) is 1. The van der Waals surface area contributed by atoms with Crippen molar-refractivity contribution in [3.8, 4) is 0 Å². The molecule has 0 radical (unpaired) electrons. The van der Waals surface area contributed by atoms with E-state index >= 15 is 0 Å². The maximum absolute atomic E-state index is 13.8. The van der Waals surface area contributed by atoms with Gasteiger partial charge in [0.05, 0.1) is 6.61 Å². The Morgan fingerprint density at radius 2 is 1.89 bits per heavy atom. The molecule has 3 heteroatoms. The quantitative estimate of drug-likeness (QED) is 0.913. The summed E-state index contributed by atoms with van der Waals surface area (Å²) in [5.74, 6) is -0.398. The first-order valence-electron chi connectivity index (χ1n) is 6.14. The highest BCUT2D eigenvalue weighted by molar-refractivity contribution is 5.37. The van der Waals surface area contributed by atoms with Crippen LogP contribution in [0.25, 0.3) is 0 Å². The van der Waals surface area contributed by atoms with Crippen LogP contribution in [-0.4, -0.2) is 12.2 Å². The lowest BCUT2D eigenvalue weighted by molar-refractivity contribution is 0.175. The topological polar surface area (TPSA) is 29.5 Å². The molecule has 0 heterocycles. The summed E-state index contributed by atoms with van der Waals surface area (Å²) >= 11 is 0. The predicted octanol–water partition coefficient (Wildman–Crippen LogP) is 3.36. The van der Waals surface area contributed by atoms with Gasteiger partial charge in [0.1, 0.15) is 11.9 Å². The maximum atomic E-state index is 13.8. The van der Waals surface area contributed by atoms with Gasteiger partial charge < -0.3 is 9.84 Å². The van der Waals surface area contributed by atoms with Crippen molar-refractivity contribution in [1.29, 1.82) is 0 Å². The van der Waals surface area contributed by atoms with Crippen LogP contribution in [0.1, 0.15) is 28.4 Å². The van der Waals surface area contributed by atoms with Crippen molar-refractivity contribution in [3.05, 3.63) is 70.5 Å². The fraction of sp³-hybridized carbons (Fsp3) is 0.250. The van der Waals surface area contributed by atoms with Crippen LogP contribution in [0, 0.1) is 12.7 Å². The first-order chi connectivity index (χ1) is 9.13. The van der Waals surface area contributed by atoms with Crippen LogP contribution in [0.2, 0.25) is 0 Å². The number of methoxy groups -OCH3 is 1. The van der Waals surface area contributed by atoms with Gasteiger partial charge in [0, 0.05) is 12.7 Å². The van der Waals surface area contributed by atoms with E-state index in [4.69, 9.17) is 4.74 Å². The van der Waals surface area contributed by atoms with Crippen molar-refractivity contribution in [2.24, 2.45) is 0 Å². The summed E-state index contributed by atoms with van der Waals surface area (Å²) in [6.07, 6.45) is -0.980. The average Bonchev–Trinajstić information content (AvgIpc) is 2.42. The first-order valence-corrected chi connectivity index (χ1v) is 6.14. The van der Waals surface area contributed by atoms with E-state index in [0.29, 0.717) is 17.7 Å². The van der Waals surface area contributed by atoms with E-state index in [0.717, 1.165) is 11.1 Å². The van der Waals surface area contributed by atoms with Gasteiger partial charge in [-0.25, -0.2) is 4.39 Å². The highest BCUT2D eigenvalue weighted by Gasteiger charge is 2.17. The minimum absolute atomic E-state index is 0.295. The number of halogens is 1. The van der Waals surface area contributed by atoms with Crippen molar-refractivity contribution in [2.75, 3.05) is 7.11 Å². The molecule has 19 heavy (non-hydrogen) atoms. The summed E-state index contributed by atoms with van der Waals surface area (Å²) < 4.78 is 18.9. The zero-order valence-electron chi connectivity index (χ0n) is 11.1. The Hall–Kier alpha value is -1.71. The van der Waals surface area contributed by atoms with Crippen LogP contribution in [0.5, 0.6) is 0 Å². The monoisotopic (exact) mass is 260 g/mol. The maximum Gasteiger partial charge on any atom is 0.129 e. The molecule has 0 saturated heterocycles. The average molecular weight is 260 g/mol. The molecule has 1 unspecified atom stereocenters. The van der Waals surface area contributed by atoms with Crippen molar-refractivity contribution in [1.82, 2.24) is 0 Å². The van der Waals surface area contributed by atoms with Gasteiger partial charge in [-0.3, -0.25) is 0 Å². The van der Waals surface area contributed by atoms with Gasteiger partial charge in [-0.05, 0) is 24.1 Å². The van der Waals surface area contributed by atoms with Crippen LogP contribution < -0.4 is 0 Å². The lowest BCUT2D eigenvalue weighted by atomic mass is 9.96. The molecule has 100 valence electrons. The molecular formula is C16H17FO2. The van der Waals surface area contributed by atoms with Crippen LogP contribution in [0.4, 0.5) is 4.39 Å². The van der Waals surface area contributed by atoms with E-state index < -0.39 is 11.9 Å². The molecule has 0 aromatic heterocycles. The van der Waals surface area contributed by atoms with Crippen molar-refractivity contribution in [3.63, 3.8) is 0 Å². The zero-order chi connectivity index (χ0) is 13.8. The molecule has 2 rings (SSSR count). The van der Waals surface area contributed by atoms with E-state index in [1.165, 1.54) is 6.07 Å². The zero-order valence-corrected chi connectivity index (χ0v) is 11.1. The van der Waals surface area contributed by atoms with Gasteiger partial charge in [-0.1, -0.05) is 42.0 Å². The van der Waals surface area contributed by atoms with Gasteiger partial charge >= 0.3 is 0 Å². The van der Waals surface area contributed by atoms with Gasteiger partial charge in [-0.15, -0.1) is 0 Å². The molecule has 0 saturated carbocycles. The fourth-order valence-electron chi connectivity index (χ4n) is 2.13. The van der Waals surface area contributed by atoms with E-state index in [-0.39, 0.29) is 0 Å². The minimum atomic E-state index is -0.980. The minimum Gasteiger partial charge on any atom is -0.384 e. The van der Waals surface area contributed by atoms with Crippen molar-refractivity contribution < 1.29 is 14.2 Å². The Balaban J connectivity index is 2.43. The number of hydrogen-bond acceptors (Lipinski definition) is 2. The first kappa shape index (κ1) is 13.7. The molecule has 0 amide bonds. The van der Waals surface area contributed by atoms with Crippen LogP contribution in [-0.2, 0) is 11.3 Å². The van der Waals surface area contributed by atoms with E-state index in [9.17, 15) is 9.50 Å². The molecule has 1 atom stereocenters. The highest BCUT2D eigenvalue weighted by Crippen LogP contribution is 2.28. The summed E-state index contributed by atoms with van der Waals surface area (Å²) in [5, 5.41) is 10.4. The second-order valence-corrected chi connectivity index (χ2v) is 4.56. The lowest BCUT2D eigenvalue weighted by Gasteiger charge is -2.16. The molecular weight excluding hydrogens is 243 g/mol. The van der Waals surface area contributed by atoms with E-state index in [1.807, 2.05) is 25.1 Å². The highest BCUT2D eigenvalue weighted by atomic mass is 19.1. The smallest absolute Gasteiger partial charge is 0.129 e. The summed E-state index contributed by atoms with van der Waals surface area (Å²) in [6, 6.07) is 12.1. The molecule has 2 nitrogen and oxygen atoms in total. The number of aryl methyl sites for hydroxylation is 1. The summed E-state index contributed by atoms with van der Waals surface area (Å²) in [4.78, 5) is 0. The molecule has 0 bridgehead atoms. The summed E-state index contributed by atoms with van der Waals surface area (Å²) in [6.45, 7) is 2.26. The third kappa shape index (κ3) is 3.00. The Kier molecular flexibility index (Phi) is 4.30. The van der Waals surface area contributed by atoms with Gasteiger partial charge in [-0.2, -0.15) is 0 Å². The molecule has 0 spiro atoms. The molecule has 2 aromatic rings. The lowest BCUT2D eigenvalue weighted by Crippen LogP contribution is -2.07. The SMILES string of the molecule is COCc1ccccc1C(O)c1cc(C)ccc1F. The van der Waals surface area contributed by atoms with Gasteiger partial charge in [0.2, 0.25) is 0 Å². The number of aliphatic hydroxyl groups excluding tert-OH is 1. The molecule has 0 fully saturated rings. The third-order valence-electron chi connectivity index (χ3n) is 3.10. The number of aliphatic hydroxyl groups is 1. The Morgan fingerprint density at radius 3 is 2.63 bits per heavy atom. The van der Waals surface area contributed by atoms with Gasteiger partial charge in [0.25, 0.3) is 0 Å². The van der Waals surface area contributed by atoms with Crippen molar-refractivity contribution >= 4 is 0 Å². The second kappa shape index (κ2) is 5.95. The Labute approximate surface area is 112 Å². The standard InChI is InChI=1S/C16H17FO2/c1-11-7-8-15(17)14(9-11)16(18)13-6-4-3-5-12(13)10-19-2/h3-9,16,18H,10H2,1-2H3. The van der Waals surface area contributed by atoms with Crippen molar-refractivity contribution in [2.45, 2.75) is 19.6 Å². The number of rotatable bonds is 4. The van der Waals surface area contributed by atoms with E-state index in [1.54, 1.807) is 25.3 Å².